The third kappa shape index (κ3) is 3.88. The van der Waals surface area contributed by atoms with Crippen LogP contribution in [0.15, 0.2) is 167 Å². The number of rotatable bonds is 3. The maximum absolute atomic E-state index is 6.75. The van der Waals surface area contributed by atoms with Gasteiger partial charge in [0.25, 0.3) is 0 Å². The van der Waals surface area contributed by atoms with Crippen molar-refractivity contribution in [3.63, 3.8) is 0 Å². The highest BCUT2D eigenvalue weighted by Crippen LogP contribution is 2.49. The Labute approximate surface area is 285 Å². The summed E-state index contributed by atoms with van der Waals surface area (Å²) in [7, 11) is 0. The zero-order valence-corrected chi connectivity index (χ0v) is 27.1. The van der Waals surface area contributed by atoms with Gasteiger partial charge in [0.15, 0.2) is 11.2 Å². The molecule has 3 heteroatoms. The molecule has 0 amide bonds. The molecule has 0 N–H and O–H groups in total. The Kier molecular flexibility index (Phi) is 5.57. The first-order valence-electron chi connectivity index (χ1n) is 16.6. The molecule has 11 aromatic rings. The number of fused-ring (bicyclic) bond motifs is 10. The van der Waals surface area contributed by atoms with Crippen molar-refractivity contribution < 1.29 is 8.83 Å². The van der Waals surface area contributed by atoms with E-state index < -0.39 is 0 Å². The Bertz CT molecular complexity index is 3050. The molecule has 2 nitrogen and oxygen atoms in total. The summed E-state index contributed by atoms with van der Waals surface area (Å²) in [6.07, 6.45) is 0. The molecule has 8 aromatic carbocycles. The van der Waals surface area contributed by atoms with Gasteiger partial charge >= 0.3 is 0 Å². The molecule has 0 radical (unpaired) electrons. The number of furan rings is 2. The highest BCUT2D eigenvalue weighted by atomic mass is 32.1. The molecule has 0 aliphatic rings. The lowest BCUT2D eigenvalue weighted by molar-refractivity contribution is 0.611. The number of thiophene rings is 1. The van der Waals surface area contributed by atoms with Crippen LogP contribution in [0.1, 0.15) is 0 Å². The minimum atomic E-state index is 0.773. The highest BCUT2D eigenvalue weighted by molar-refractivity contribution is 7.25. The van der Waals surface area contributed by atoms with E-state index in [1.54, 1.807) is 0 Å². The quantitative estimate of drug-likeness (QED) is 0.179. The summed E-state index contributed by atoms with van der Waals surface area (Å²) in [5, 5.41) is 10.7. The standard InChI is InChI=1S/C46H26O2S/c1-2-12-27(13-3-1)40-26-38-36(25-37-29-14-8-10-20-39(29)47-45(37)46(38)48-40)44-33-18-6-4-16-31(33)43(32-17-5-7-19-34(32)44)28-22-23-42-35(24-28)30-15-9-11-21-41(30)49-42/h1-26H. The summed E-state index contributed by atoms with van der Waals surface area (Å²) in [6.45, 7) is 0. The second-order valence-corrected chi connectivity index (χ2v) is 13.9. The Morgan fingerprint density at radius 2 is 0.939 bits per heavy atom. The van der Waals surface area contributed by atoms with Crippen molar-refractivity contribution in [3.8, 4) is 33.6 Å². The largest absolute Gasteiger partial charge is 0.452 e. The second kappa shape index (κ2) is 10.2. The summed E-state index contributed by atoms with van der Waals surface area (Å²) in [5.41, 5.74) is 8.28. The van der Waals surface area contributed by atoms with Gasteiger partial charge in [0.2, 0.25) is 0 Å². The average Bonchev–Trinajstić information content (AvgIpc) is 3.87. The van der Waals surface area contributed by atoms with Crippen LogP contribution in [0.4, 0.5) is 0 Å². The topological polar surface area (TPSA) is 26.3 Å². The zero-order valence-electron chi connectivity index (χ0n) is 26.2. The van der Waals surface area contributed by atoms with Crippen molar-refractivity contribution in [1.82, 2.24) is 0 Å². The Hall–Kier alpha value is -6.16. The smallest absolute Gasteiger partial charge is 0.178 e. The molecular formula is C46H26O2S. The number of para-hydroxylation sites is 1. The van der Waals surface area contributed by atoms with Crippen LogP contribution in [0.25, 0.3) is 108 Å². The SMILES string of the molecule is c1ccc(-c2cc3c(-c4c5ccccc5c(-c5ccc6sc7ccccc7c6c5)c5ccccc45)cc4c5ccccc5oc4c3o2)cc1. The fraction of sp³-hybridized carbons (Fsp3) is 0. The molecule has 0 aliphatic carbocycles. The van der Waals surface area contributed by atoms with Crippen LogP contribution >= 0.6 is 11.3 Å². The molecule has 228 valence electrons. The normalized spacial score (nSPS) is 12.1. The van der Waals surface area contributed by atoms with E-state index >= 15 is 0 Å². The van der Waals surface area contributed by atoms with Crippen molar-refractivity contribution in [3.05, 3.63) is 158 Å². The lowest BCUT2D eigenvalue weighted by Crippen LogP contribution is -1.91. The summed E-state index contributed by atoms with van der Waals surface area (Å²) >= 11 is 1.86. The van der Waals surface area contributed by atoms with Crippen molar-refractivity contribution in [2.45, 2.75) is 0 Å². The Morgan fingerprint density at radius 1 is 0.347 bits per heavy atom. The molecule has 49 heavy (non-hydrogen) atoms. The summed E-state index contributed by atoms with van der Waals surface area (Å²) in [6, 6.07) is 56.6. The minimum Gasteiger partial charge on any atom is -0.452 e. The van der Waals surface area contributed by atoms with Crippen LogP contribution in [0, 0.1) is 0 Å². The van der Waals surface area contributed by atoms with E-state index in [0.717, 1.165) is 49.8 Å². The molecule has 0 unspecified atom stereocenters. The van der Waals surface area contributed by atoms with Gasteiger partial charge in [-0.15, -0.1) is 11.3 Å². The van der Waals surface area contributed by atoms with E-state index in [1.807, 2.05) is 29.5 Å². The molecule has 3 aromatic heterocycles. The van der Waals surface area contributed by atoms with Crippen molar-refractivity contribution in [2.75, 3.05) is 0 Å². The van der Waals surface area contributed by atoms with E-state index in [0.29, 0.717) is 0 Å². The van der Waals surface area contributed by atoms with Gasteiger partial charge in [-0.2, -0.15) is 0 Å². The van der Waals surface area contributed by atoms with Crippen LogP contribution in [0.3, 0.4) is 0 Å². The van der Waals surface area contributed by atoms with Crippen LogP contribution < -0.4 is 0 Å². The van der Waals surface area contributed by atoms with Gasteiger partial charge in [-0.25, -0.2) is 0 Å². The third-order valence-electron chi connectivity index (χ3n) is 10.1. The molecule has 0 spiro atoms. The molecular weight excluding hydrogens is 617 g/mol. The summed E-state index contributed by atoms with van der Waals surface area (Å²) in [4.78, 5) is 0. The van der Waals surface area contributed by atoms with Crippen molar-refractivity contribution in [1.29, 1.82) is 0 Å². The van der Waals surface area contributed by atoms with Crippen molar-refractivity contribution >= 4 is 86.0 Å². The molecule has 0 saturated heterocycles. The Morgan fingerprint density at radius 3 is 1.69 bits per heavy atom. The van der Waals surface area contributed by atoms with E-state index in [4.69, 9.17) is 8.83 Å². The van der Waals surface area contributed by atoms with E-state index in [9.17, 15) is 0 Å². The predicted octanol–water partition coefficient (Wildman–Crippen LogP) is 14.0. The van der Waals surface area contributed by atoms with Gasteiger partial charge in [0, 0.05) is 41.9 Å². The Balaban J connectivity index is 1.28. The van der Waals surface area contributed by atoms with E-state index in [-0.39, 0.29) is 0 Å². The lowest BCUT2D eigenvalue weighted by Gasteiger charge is -2.18. The average molecular weight is 643 g/mol. The van der Waals surface area contributed by atoms with Crippen LogP contribution in [0.5, 0.6) is 0 Å². The van der Waals surface area contributed by atoms with Gasteiger partial charge in [-0.05, 0) is 80.2 Å². The molecule has 0 atom stereocenters. The predicted molar refractivity (Wildman–Crippen MR) is 208 cm³/mol. The zero-order chi connectivity index (χ0) is 32.1. The first kappa shape index (κ1) is 26.9. The lowest BCUT2D eigenvalue weighted by atomic mass is 9.84. The van der Waals surface area contributed by atoms with Crippen molar-refractivity contribution in [2.24, 2.45) is 0 Å². The maximum atomic E-state index is 6.75. The molecule has 0 saturated carbocycles. The monoisotopic (exact) mass is 642 g/mol. The summed E-state index contributed by atoms with van der Waals surface area (Å²) < 4.78 is 15.9. The van der Waals surface area contributed by atoms with Crippen LogP contribution in [0.2, 0.25) is 0 Å². The van der Waals surface area contributed by atoms with Crippen LogP contribution in [-0.4, -0.2) is 0 Å². The maximum Gasteiger partial charge on any atom is 0.178 e. The first-order chi connectivity index (χ1) is 24.3. The van der Waals surface area contributed by atoms with Gasteiger partial charge in [-0.1, -0.05) is 121 Å². The minimum absolute atomic E-state index is 0.773. The van der Waals surface area contributed by atoms with E-state index in [2.05, 4.69) is 140 Å². The molecule has 0 aliphatic heterocycles. The molecule has 0 bridgehead atoms. The first-order valence-corrected chi connectivity index (χ1v) is 17.4. The molecule has 0 fully saturated rings. The second-order valence-electron chi connectivity index (χ2n) is 12.8. The fourth-order valence-corrected chi connectivity index (χ4v) is 9.01. The van der Waals surface area contributed by atoms with E-state index in [1.165, 1.54) is 58.4 Å². The van der Waals surface area contributed by atoms with Gasteiger partial charge in [-0.3, -0.25) is 0 Å². The third-order valence-corrected chi connectivity index (χ3v) is 11.2. The number of hydrogen-bond donors (Lipinski definition) is 0. The summed E-state index contributed by atoms with van der Waals surface area (Å²) in [5.74, 6) is 0.825. The van der Waals surface area contributed by atoms with Gasteiger partial charge < -0.3 is 8.83 Å². The van der Waals surface area contributed by atoms with Gasteiger partial charge in [0.1, 0.15) is 11.3 Å². The number of benzene rings is 8. The molecule has 11 rings (SSSR count). The van der Waals surface area contributed by atoms with Gasteiger partial charge in [0.05, 0.1) is 0 Å². The molecule has 3 heterocycles. The van der Waals surface area contributed by atoms with Crippen LogP contribution in [-0.2, 0) is 0 Å². The number of hydrogen-bond acceptors (Lipinski definition) is 3. The fourth-order valence-electron chi connectivity index (χ4n) is 7.92. The highest BCUT2D eigenvalue weighted by Gasteiger charge is 2.23.